The van der Waals surface area contributed by atoms with Gasteiger partial charge in [0.2, 0.25) is 5.91 Å². The van der Waals surface area contributed by atoms with Gasteiger partial charge in [-0.05, 0) is 79.4 Å². The molecule has 0 bridgehead atoms. The van der Waals surface area contributed by atoms with Crippen molar-refractivity contribution in [2.24, 2.45) is 17.8 Å². The zero-order chi connectivity index (χ0) is 38.0. The van der Waals surface area contributed by atoms with Gasteiger partial charge in [-0.1, -0.05) is 77.6 Å². The molecule has 1 saturated heterocycles. The number of carboxylic acid groups (broad SMARTS) is 1. The van der Waals surface area contributed by atoms with Crippen molar-refractivity contribution in [3.8, 4) is 11.4 Å². The van der Waals surface area contributed by atoms with Gasteiger partial charge in [0.05, 0.1) is 23.0 Å². The van der Waals surface area contributed by atoms with E-state index in [1.807, 2.05) is 42.7 Å². The number of amides is 2. The first kappa shape index (κ1) is 40.4. The van der Waals surface area contributed by atoms with Crippen LogP contribution in [-0.4, -0.2) is 71.7 Å². The number of carboxylic acids is 1. The van der Waals surface area contributed by atoms with E-state index in [2.05, 4.69) is 43.2 Å². The first-order valence-electron chi connectivity index (χ1n) is 19.5. The molecule has 2 aromatic heterocycles. The van der Waals surface area contributed by atoms with E-state index >= 15 is 0 Å². The van der Waals surface area contributed by atoms with Crippen LogP contribution in [0, 0.1) is 17.8 Å². The monoisotopic (exact) mass is 745 g/mol. The molecule has 53 heavy (non-hydrogen) atoms. The van der Waals surface area contributed by atoms with Gasteiger partial charge in [-0.3, -0.25) is 9.59 Å². The standard InChI is InChI=1S/C42H59N5O5S/c1-6-8-28-10-14-30(15-11-28)31-20-22-47(23-21-31)33-26-43-38(44-27-33)32-16-12-29(13-17-32)25-35(39(48)45-34(41(50)51)9-7-24-52-5)46-40(49)36-18-19-37(53-36)42(2,3)4/h12-13,16-19,26-28,30-31,34-35H,6-11,14-15,20-25H2,1-5H3,(H,45,48)(H,46,49)(H,50,51)/t28?,30?,34?,35-/m0/s1. The summed E-state index contributed by atoms with van der Waals surface area (Å²) < 4.78 is 5.06. The number of piperidine rings is 1. The third-order valence-electron chi connectivity index (χ3n) is 11.1. The molecule has 2 atom stereocenters. The van der Waals surface area contributed by atoms with Crippen LogP contribution in [0.1, 0.15) is 112 Å². The van der Waals surface area contributed by atoms with Crippen LogP contribution in [0.25, 0.3) is 11.4 Å². The van der Waals surface area contributed by atoms with Gasteiger partial charge in [-0.15, -0.1) is 11.3 Å². The summed E-state index contributed by atoms with van der Waals surface area (Å²) >= 11 is 1.39. The lowest BCUT2D eigenvalue weighted by Gasteiger charge is -2.39. The molecule has 5 rings (SSSR count). The number of carbonyl (C=O) groups excluding carboxylic acids is 2. The second kappa shape index (κ2) is 19.0. The van der Waals surface area contributed by atoms with E-state index in [4.69, 9.17) is 14.7 Å². The van der Waals surface area contributed by atoms with Crippen molar-refractivity contribution in [2.75, 3.05) is 31.7 Å². The molecule has 2 fully saturated rings. The predicted molar refractivity (Wildman–Crippen MR) is 211 cm³/mol. The highest BCUT2D eigenvalue weighted by Gasteiger charge is 2.31. The fourth-order valence-corrected chi connectivity index (χ4v) is 8.87. The van der Waals surface area contributed by atoms with Crippen molar-refractivity contribution in [3.63, 3.8) is 0 Å². The number of ether oxygens (including phenoxy) is 1. The summed E-state index contributed by atoms with van der Waals surface area (Å²) in [6.45, 7) is 11.0. The SMILES string of the molecule is CCCC1CCC(C2CCN(c3cnc(-c4ccc(C[C@H](NC(=O)c5ccc(C(C)(C)C)s5)C(=O)NC(CCCOC)C(=O)O)cc4)nc3)CC2)CC1. The molecule has 1 aliphatic carbocycles. The fraction of sp³-hybridized carbons (Fsp3) is 0.595. The number of thiophene rings is 1. The van der Waals surface area contributed by atoms with Crippen molar-refractivity contribution < 1.29 is 24.2 Å². The maximum Gasteiger partial charge on any atom is 0.326 e. The summed E-state index contributed by atoms with van der Waals surface area (Å²) in [6, 6.07) is 9.24. The van der Waals surface area contributed by atoms with Gasteiger partial charge in [-0.2, -0.15) is 0 Å². The van der Waals surface area contributed by atoms with Crippen LogP contribution in [0.3, 0.4) is 0 Å². The van der Waals surface area contributed by atoms with E-state index < -0.39 is 24.0 Å². The number of nitrogens with zero attached hydrogens (tertiary/aromatic N) is 3. The van der Waals surface area contributed by atoms with Crippen molar-refractivity contribution in [1.82, 2.24) is 20.6 Å². The normalized spacial score (nSPS) is 19.4. The molecule has 3 aromatic rings. The molecular formula is C42H59N5O5S. The fourth-order valence-electron chi connectivity index (χ4n) is 7.91. The average molecular weight is 746 g/mol. The second-order valence-corrected chi connectivity index (χ2v) is 17.1. The number of methoxy groups -OCH3 is 1. The molecule has 3 heterocycles. The Morgan fingerprint density at radius 3 is 2.17 bits per heavy atom. The molecule has 3 N–H and O–H groups in total. The zero-order valence-corrected chi connectivity index (χ0v) is 33.1. The van der Waals surface area contributed by atoms with Gasteiger partial charge in [0, 0.05) is 43.7 Å². The third-order valence-corrected chi connectivity index (χ3v) is 12.6. The molecule has 1 aliphatic heterocycles. The van der Waals surface area contributed by atoms with Crippen LogP contribution in [0.5, 0.6) is 0 Å². The van der Waals surface area contributed by atoms with Crippen molar-refractivity contribution in [1.29, 1.82) is 0 Å². The maximum absolute atomic E-state index is 13.6. The minimum atomic E-state index is -1.13. The number of aromatic nitrogens is 2. The molecule has 0 spiro atoms. The molecule has 1 saturated carbocycles. The van der Waals surface area contributed by atoms with Gasteiger partial charge in [0.1, 0.15) is 12.1 Å². The summed E-state index contributed by atoms with van der Waals surface area (Å²) in [5.41, 5.74) is 2.59. The molecule has 2 amide bonds. The number of hydrogen-bond acceptors (Lipinski definition) is 8. The summed E-state index contributed by atoms with van der Waals surface area (Å²) in [5.74, 6) is 1.24. The molecule has 1 aromatic carbocycles. The zero-order valence-electron chi connectivity index (χ0n) is 32.2. The smallest absolute Gasteiger partial charge is 0.326 e. The van der Waals surface area contributed by atoms with Crippen LogP contribution >= 0.6 is 11.3 Å². The number of hydrogen-bond donors (Lipinski definition) is 3. The lowest BCUT2D eigenvalue weighted by atomic mass is 9.72. The van der Waals surface area contributed by atoms with E-state index in [0.717, 1.165) is 52.5 Å². The van der Waals surface area contributed by atoms with Crippen molar-refractivity contribution >= 4 is 34.8 Å². The summed E-state index contributed by atoms with van der Waals surface area (Å²) in [6.07, 6.45) is 15.5. The Morgan fingerprint density at radius 2 is 1.58 bits per heavy atom. The Kier molecular flexibility index (Phi) is 14.4. The van der Waals surface area contributed by atoms with Gasteiger partial charge >= 0.3 is 5.97 Å². The Morgan fingerprint density at radius 1 is 0.925 bits per heavy atom. The Labute approximate surface area is 319 Å². The lowest BCUT2D eigenvalue weighted by Crippen LogP contribution is -2.52. The summed E-state index contributed by atoms with van der Waals surface area (Å²) in [5, 5.41) is 15.3. The average Bonchev–Trinajstić information content (AvgIpc) is 3.67. The van der Waals surface area contributed by atoms with E-state index in [-0.39, 0.29) is 24.2 Å². The summed E-state index contributed by atoms with van der Waals surface area (Å²) in [7, 11) is 1.55. The topological polar surface area (TPSA) is 134 Å². The first-order chi connectivity index (χ1) is 25.4. The number of aliphatic carboxylic acids is 1. The van der Waals surface area contributed by atoms with E-state index in [1.54, 1.807) is 13.2 Å². The van der Waals surface area contributed by atoms with Gasteiger partial charge in [0.15, 0.2) is 5.82 Å². The highest BCUT2D eigenvalue weighted by Crippen LogP contribution is 2.39. The van der Waals surface area contributed by atoms with Crippen molar-refractivity contribution in [3.05, 3.63) is 64.1 Å². The van der Waals surface area contributed by atoms with Crippen LogP contribution < -0.4 is 15.5 Å². The molecule has 1 unspecified atom stereocenters. The number of carbonyl (C=O) groups is 3. The third kappa shape index (κ3) is 11.3. The minimum absolute atomic E-state index is 0.119. The second-order valence-electron chi connectivity index (χ2n) is 16.0. The first-order valence-corrected chi connectivity index (χ1v) is 20.4. The Hall–Kier alpha value is -3.83. The van der Waals surface area contributed by atoms with E-state index in [1.165, 1.54) is 62.7 Å². The Bertz CT molecular complexity index is 1620. The van der Waals surface area contributed by atoms with Crippen LogP contribution in [0.2, 0.25) is 0 Å². The largest absolute Gasteiger partial charge is 0.480 e. The highest BCUT2D eigenvalue weighted by molar-refractivity contribution is 7.14. The molecule has 2 aliphatic rings. The highest BCUT2D eigenvalue weighted by atomic mass is 32.1. The number of nitrogens with one attached hydrogen (secondary N) is 2. The quantitative estimate of drug-likeness (QED) is 0.127. The van der Waals surface area contributed by atoms with Crippen molar-refractivity contribution in [2.45, 2.75) is 116 Å². The van der Waals surface area contributed by atoms with E-state index in [0.29, 0.717) is 23.7 Å². The lowest BCUT2D eigenvalue weighted by molar-refractivity contribution is -0.142. The van der Waals surface area contributed by atoms with Gasteiger partial charge < -0.3 is 25.4 Å². The van der Waals surface area contributed by atoms with Crippen LogP contribution in [-0.2, 0) is 26.2 Å². The molecule has 0 radical (unpaired) electrons. The van der Waals surface area contributed by atoms with Crippen LogP contribution in [0.15, 0.2) is 48.8 Å². The molecular weight excluding hydrogens is 687 g/mol. The number of anilines is 1. The van der Waals surface area contributed by atoms with Gasteiger partial charge in [0.25, 0.3) is 5.91 Å². The molecule has 288 valence electrons. The molecule has 10 nitrogen and oxygen atoms in total. The predicted octanol–water partition coefficient (Wildman–Crippen LogP) is 7.66. The van der Waals surface area contributed by atoms with E-state index in [9.17, 15) is 19.5 Å². The molecule has 11 heteroatoms. The maximum atomic E-state index is 13.6. The minimum Gasteiger partial charge on any atom is -0.480 e. The number of rotatable bonds is 16. The Balaban J connectivity index is 1.21. The van der Waals surface area contributed by atoms with Crippen LogP contribution in [0.4, 0.5) is 5.69 Å². The summed E-state index contributed by atoms with van der Waals surface area (Å²) in [4.78, 5) is 52.3. The number of benzene rings is 1. The van der Waals surface area contributed by atoms with Gasteiger partial charge in [-0.25, -0.2) is 14.8 Å².